The Kier molecular flexibility index (Phi) is 6.15. The lowest BCUT2D eigenvalue weighted by molar-refractivity contribution is -0.139. The molecular formula is C14H21NO4. The molecule has 1 rings (SSSR count). The Morgan fingerprint density at radius 2 is 1.89 bits per heavy atom. The minimum Gasteiger partial charge on any atom is -0.490 e. The van der Waals surface area contributed by atoms with Crippen molar-refractivity contribution in [2.24, 2.45) is 0 Å². The van der Waals surface area contributed by atoms with E-state index in [1.807, 2.05) is 32.0 Å². The summed E-state index contributed by atoms with van der Waals surface area (Å²) in [4.78, 5) is 10.7. The molecule has 1 aromatic rings. The second kappa shape index (κ2) is 7.63. The largest absolute Gasteiger partial charge is 0.490 e. The molecule has 1 unspecified atom stereocenters. The lowest BCUT2D eigenvalue weighted by Gasteiger charge is -2.13. The van der Waals surface area contributed by atoms with Crippen LogP contribution in [-0.2, 0) is 11.3 Å². The van der Waals surface area contributed by atoms with Gasteiger partial charge in [0.05, 0.1) is 13.2 Å². The molecule has 2 N–H and O–H groups in total. The second-order valence-corrected chi connectivity index (χ2v) is 4.09. The zero-order valence-electron chi connectivity index (χ0n) is 11.6. The molecule has 0 heterocycles. The van der Waals surface area contributed by atoms with Gasteiger partial charge in [-0.2, -0.15) is 0 Å². The van der Waals surface area contributed by atoms with Gasteiger partial charge in [-0.1, -0.05) is 6.07 Å². The van der Waals surface area contributed by atoms with E-state index in [2.05, 4.69) is 5.32 Å². The molecule has 1 aromatic carbocycles. The predicted octanol–water partition coefficient (Wildman–Crippen LogP) is 2.05. The van der Waals surface area contributed by atoms with Crippen LogP contribution in [0.3, 0.4) is 0 Å². The molecule has 0 aliphatic rings. The van der Waals surface area contributed by atoms with Gasteiger partial charge in [-0.3, -0.25) is 4.79 Å². The van der Waals surface area contributed by atoms with Crippen LogP contribution in [0.5, 0.6) is 11.5 Å². The van der Waals surface area contributed by atoms with Crippen molar-refractivity contribution in [3.8, 4) is 11.5 Å². The molecule has 5 nitrogen and oxygen atoms in total. The second-order valence-electron chi connectivity index (χ2n) is 4.09. The van der Waals surface area contributed by atoms with Crippen LogP contribution in [0.25, 0.3) is 0 Å². The van der Waals surface area contributed by atoms with Gasteiger partial charge in [0.2, 0.25) is 0 Å². The van der Waals surface area contributed by atoms with Crippen LogP contribution >= 0.6 is 0 Å². The number of aliphatic carboxylic acids is 1. The first-order valence-electron chi connectivity index (χ1n) is 6.43. The molecule has 0 radical (unpaired) electrons. The molecule has 0 saturated carbocycles. The summed E-state index contributed by atoms with van der Waals surface area (Å²) in [5, 5.41) is 11.7. The topological polar surface area (TPSA) is 67.8 Å². The maximum atomic E-state index is 10.7. The zero-order chi connectivity index (χ0) is 14.3. The molecule has 0 spiro atoms. The summed E-state index contributed by atoms with van der Waals surface area (Å²) in [5.74, 6) is 0.530. The molecule has 0 saturated heterocycles. The van der Waals surface area contributed by atoms with Crippen LogP contribution in [0.2, 0.25) is 0 Å². The highest BCUT2D eigenvalue weighted by molar-refractivity contribution is 5.72. The normalized spacial score (nSPS) is 11.9. The average Bonchev–Trinajstić information content (AvgIpc) is 2.39. The van der Waals surface area contributed by atoms with Crippen LogP contribution < -0.4 is 14.8 Å². The smallest absolute Gasteiger partial charge is 0.320 e. The molecule has 5 heteroatoms. The van der Waals surface area contributed by atoms with Gasteiger partial charge in [-0.05, 0) is 38.5 Å². The summed E-state index contributed by atoms with van der Waals surface area (Å²) < 4.78 is 11.0. The highest BCUT2D eigenvalue weighted by Crippen LogP contribution is 2.28. The Hall–Kier alpha value is -1.75. The molecule has 0 aromatic heterocycles. The SMILES string of the molecule is CCOc1ccc(CNC(C)C(=O)O)cc1OCC. The number of ether oxygens (including phenoxy) is 2. The van der Waals surface area contributed by atoms with Gasteiger partial charge in [-0.15, -0.1) is 0 Å². The summed E-state index contributed by atoms with van der Waals surface area (Å²) >= 11 is 0. The summed E-state index contributed by atoms with van der Waals surface area (Å²) in [5.41, 5.74) is 0.958. The van der Waals surface area contributed by atoms with Gasteiger partial charge in [-0.25, -0.2) is 0 Å². The molecule has 0 fully saturated rings. The van der Waals surface area contributed by atoms with Crippen molar-refractivity contribution in [3.05, 3.63) is 23.8 Å². The van der Waals surface area contributed by atoms with Gasteiger partial charge in [0.25, 0.3) is 0 Å². The Balaban J connectivity index is 2.74. The number of carboxylic acids is 1. The van der Waals surface area contributed by atoms with Gasteiger partial charge >= 0.3 is 5.97 Å². The third-order valence-corrected chi connectivity index (χ3v) is 2.59. The number of carboxylic acid groups (broad SMARTS) is 1. The number of rotatable bonds is 8. The molecule has 0 aliphatic carbocycles. The van der Waals surface area contributed by atoms with Gasteiger partial charge in [0.15, 0.2) is 11.5 Å². The fourth-order valence-electron chi connectivity index (χ4n) is 1.56. The lowest BCUT2D eigenvalue weighted by Crippen LogP contribution is -2.33. The van der Waals surface area contributed by atoms with E-state index in [-0.39, 0.29) is 0 Å². The van der Waals surface area contributed by atoms with Crippen molar-refractivity contribution >= 4 is 5.97 Å². The van der Waals surface area contributed by atoms with Crippen LogP contribution in [-0.4, -0.2) is 30.3 Å². The number of carbonyl (C=O) groups is 1. The van der Waals surface area contributed by atoms with Crippen molar-refractivity contribution in [2.45, 2.75) is 33.4 Å². The van der Waals surface area contributed by atoms with Gasteiger partial charge < -0.3 is 19.9 Å². The van der Waals surface area contributed by atoms with Crippen LogP contribution in [0, 0.1) is 0 Å². The molecule has 106 valence electrons. The van der Waals surface area contributed by atoms with Crippen LogP contribution in [0.4, 0.5) is 0 Å². The highest BCUT2D eigenvalue weighted by atomic mass is 16.5. The Morgan fingerprint density at radius 3 is 2.47 bits per heavy atom. The summed E-state index contributed by atoms with van der Waals surface area (Å²) in [6, 6.07) is 5.03. The zero-order valence-corrected chi connectivity index (χ0v) is 11.6. The van der Waals surface area contributed by atoms with E-state index >= 15 is 0 Å². The maximum Gasteiger partial charge on any atom is 0.320 e. The molecule has 0 bridgehead atoms. The first-order valence-corrected chi connectivity index (χ1v) is 6.43. The van der Waals surface area contributed by atoms with Crippen molar-refractivity contribution in [1.29, 1.82) is 0 Å². The summed E-state index contributed by atoms with van der Waals surface area (Å²) in [7, 11) is 0. The van der Waals surface area contributed by atoms with Crippen LogP contribution in [0.1, 0.15) is 26.3 Å². The van der Waals surface area contributed by atoms with Crippen molar-refractivity contribution in [3.63, 3.8) is 0 Å². The summed E-state index contributed by atoms with van der Waals surface area (Å²) in [6.45, 7) is 7.05. The lowest BCUT2D eigenvalue weighted by atomic mass is 10.2. The fraction of sp³-hybridized carbons (Fsp3) is 0.500. The third kappa shape index (κ3) is 4.79. The first-order chi connectivity index (χ1) is 9.08. The van der Waals surface area contributed by atoms with E-state index < -0.39 is 12.0 Å². The van der Waals surface area contributed by atoms with Crippen molar-refractivity contribution in [2.75, 3.05) is 13.2 Å². The molecule has 19 heavy (non-hydrogen) atoms. The molecular weight excluding hydrogens is 246 g/mol. The Bertz CT molecular complexity index is 420. The van der Waals surface area contributed by atoms with E-state index in [1.54, 1.807) is 6.92 Å². The van der Waals surface area contributed by atoms with Gasteiger partial charge in [0, 0.05) is 6.54 Å². The molecule has 0 aliphatic heterocycles. The number of nitrogens with one attached hydrogen (secondary N) is 1. The van der Waals surface area contributed by atoms with E-state index in [9.17, 15) is 4.79 Å². The van der Waals surface area contributed by atoms with Crippen molar-refractivity contribution < 1.29 is 19.4 Å². The average molecular weight is 267 g/mol. The third-order valence-electron chi connectivity index (χ3n) is 2.59. The number of benzene rings is 1. The first kappa shape index (κ1) is 15.3. The number of hydrogen-bond acceptors (Lipinski definition) is 4. The van der Waals surface area contributed by atoms with Crippen molar-refractivity contribution in [1.82, 2.24) is 5.32 Å². The van der Waals surface area contributed by atoms with Gasteiger partial charge in [0.1, 0.15) is 6.04 Å². The molecule has 1 atom stereocenters. The minimum absolute atomic E-state index is 0.472. The molecule has 0 amide bonds. The van der Waals surface area contributed by atoms with Crippen LogP contribution in [0.15, 0.2) is 18.2 Å². The quantitative estimate of drug-likeness (QED) is 0.754. The summed E-state index contributed by atoms with van der Waals surface area (Å²) in [6.07, 6.45) is 0. The predicted molar refractivity (Wildman–Crippen MR) is 72.7 cm³/mol. The monoisotopic (exact) mass is 267 g/mol. The fourth-order valence-corrected chi connectivity index (χ4v) is 1.56. The Morgan fingerprint density at radius 1 is 1.26 bits per heavy atom. The van der Waals surface area contributed by atoms with E-state index in [0.717, 1.165) is 5.56 Å². The Labute approximate surface area is 113 Å². The highest BCUT2D eigenvalue weighted by Gasteiger charge is 2.11. The standard InChI is InChI=1S/C14H21NO4/c1-4-18-12-7-6-11(8-13(12)19-5-2)9-15-10(3)14(16)17/h6-8,10,15H,4-5,9H2,1-3H3,(H,16,17). The van der Waals surface area contributed by atoms with E-state index in [1.165, 1.54) is 0 Å². The maximum absolute atomic E-state index is 10.7. The minimum atomic E-state index is -0.865. The number of hydrogen-bond donors (Lipinski definition) is 2. The van der Waals surface area contributed by atoms with E-state index in [4.69, 9.17) is 14.6 Å². The van der Waals surface area contributed by atoms with E-state index in [0.29, 0.717) is 31.3 Å².